The highest BCUT2D eigenvalue weighted by atomic mass is 127. The van der Waals surface area contributed by atoms with Gasteiger partial charge >= 0.3 is 6.61 Å². The second-order valence-corrected chi connectivity index (χ2v) is 5.95. The van der Waals surface area contributed by atoms with Crippen molar-refractivity contribution in [1.29, 1.82) is 0 Å². The van der Waals surface area contributed by atoms with Crippen LogP contribution in [0.2, 0.25) is 0 Å². The molecular weight excluding hydrogens is 485 g/mol. The third-order valence-corrected chi connectivity index (χ3v) is 3.33. The number of guanidine groups is 1. The number of amides is 1. The molecule has 0 bridgehead atoms. The number of ether oxygens (including phenoxy) is 2. The SMILES string of the molecule is CCNC(=NCc1cc(OC)ccc1OC(F)F)NCCC(=O)NC(C)C.I. The van der Waals surface area contributed by atoms with Gasteiger partial charge < -0.3 is 25.4 Å². The van der Waals surface area contributed by atoms with Crippen molar-refractivity contribution in [3.8, 4) is 11.5 Å². The zero-order valence-corrected chi connectivity index (χ0v) is 18.9. The number of alkyl halides is 2. The third-order valence-electron chi connectivity index (χ3n) is 3.33. The molecule has 1 aromatic carbocycles. The molecule has 0 heterocycles. The van der Waals surface area contributed by atoms with E-state index in [1.807, 2.05) is 20.8 Å². The molecule has 3 N–H and O–H groups in total. The highest BCUT2D eigenvalue weighted by molar-refractivity contribution is 14.0. The van der Waals surface area contributed by atoms with Crippen molar-refractivity contribution in [3.63, 3.8) is 0 Å². The predicted molar refractivity (Wildman–Crippen MR) is 116 cm³/mol. The van der Waals surface area contributed by atoms with Crippen LogP contribution in [0.25, 0.3) is 0 Å². The molecule has 0 aliphatic heterocycles. The summed E-state index contributed by atoms with van der Waals surface area (Å²) in [6.07, 6.45) is 0.293. The van der Waals surface area contributed by atoms with Gasteiger partial charge in [-0.05, 0) is 39.0 Å². The van der Waals surface area contributed by atoms with Crippen molar-refractivity contribution in [2.24, 2.45) is 4.99 Å². The van der Waals surface area contributed by atoms with Crippen LogP contribution in [-0.4, -0.2) is 44.7 Å². The number of aliphatic imine (C=N–C) groups is 1. The average Bonchev–Trinajstić information content (AvgIpc) is 2.59. The van der Waals surface area contributed by atoms with E-state index in [9.17, 15) is 13.6 Å². The highest BCUT2D eigenvalue weighted by Gasteiger charge is 2.11. The summed E-state index contributed by atoms with van der Waals surface area (Å²) < 4.78 is 34.8. The monoisotopic (exact) mass is 514 g/mol. The number of benzene rings is 1. The minimum absolute atomic E-state index is 0. The molecule has 0 aromatic heterocycles. The fourth-order valence-corrected chi connectivity index (χ4v) is 2.21. The second kappa shape index (κ2) is 14.2. The molecule has 1 amide bonds. The van der Waals surface area contributed by atoms with Crippen molar-refractivity contribution in [3.05, 3.63) is 23.8 Å². The largest absolute Gasteiger partial charge is 0.497 e. The van der Waals surface area contributed by atoms with Gasteiger partial charge in [-0.25, -0.2) is 4.99 Å². The van der Waals surface area contributed by atoms with Crippen LogP contribution in [-0.2, 0) is 11.3 Å². The first kappa shape index (κ1) is 26.1. The minimum atomic E-state index is -2.92. The average molecular weight is 514 g/mol. The first-order valence-electron chi connectivity index (χ1n) is 8.79. The van der Waals surface area contributed by atoms with Crippen LogP contribution >= 0.6 is 24.0 Å². The Morgan fingerprint density at radius 1 is 1.25 bits per heavy atom. The van der Waals surface area contributed by atoms with Crippen LogP contribution in [0.4, 0.5) is 8.78 Å². The van der Waals surface area contributed by atoms with E-state index in [2.05, 4.69) is 25.7 Å². The lowest BCUT2D eigenvalue weighted by Gasteiger charge is -2.14. The number of nitrogens with zero attached hydrogens (tertiary/aromatic N) is 1. The van der Waals surface area contributed by atoms with Crippen LogP contribution in [0.3, 0.4) is 0 Å². The quantitative estimate of drug-likeness (QED) is 0.254. The predicted octanol–water partition coefficient (Wildman–Crippen LogP) is 2.88. The topological polar surface area (TPSA) is 84.0 Å². The van der Waals surface area contributed by atoms with Crippen molar-refractivity contribution in [2.75, 3.05) is 20.2 Å². The van der Waals surface area contributed by atoms with E-state index in [0.29, 0.717) is 36.8 Å². The van der Waals surface area contributed by atoms with Crippen LogP contribution < -0.4 is 25.4 Å². The lowest BCUT2D eigenvalue weighted by molar-refractivity contribution is -0.121. The van der Waals surface area contributed by atoms with Gasteiger partial charge in [0.25, 0.3) is 0 Å². The molecule has 0 spiro atoms. The smallest absolute Gasteiger partial charge is 0.387 e. The molecule has 160 valence electrons. The summed E-state index contributed by atoms with van der Waals surface area (Å²) in [5.41, 5.74) is 0.462. The van der Waals surface area contributed by atoms with Crippen LogP contribution in [0.15, 0.2) is 23.2 Å². The van der Waals surface area contributed by atoms with Gasteiger partial charge in [-0.1, -0.05) is 0 Å². The van der Waals surface area contributed by atoms with E-state index < -0.39 is 6.61 Å². The molecule has 1 aromatic rings. The van der Waals surface area contributed by atoms with Crippen molar-refractivity contribution in [1.82, 2.24) is 16.0 Å². The van der Waals surface area contributed by atoms with Gasteiger partial charge in [0.2, 0.25) is 5.91 Å². The summed E-state index contributed by atoms with van der Waals surface area (Å²) in [5.74, 6) is 0.973. The van der Waals surface area contributed by atoms with Gasteiger partial charge in [0.1, 0.15) is 11.5 Å². The zero-order valence-electron chi connectivity index (χ0n) is 16.6. The van der Waals surface area contributed by atoms with Gasteiger partial charge in [0, 0.05) is 31.1 Å². The van der Waals surface area contributed by atoms with Crippen LogP contribution in [0, 0.1) is 0 Å². The van der Waals surface area contributed by atoms with Gasteiger partial charge in [0.15, 0.2) is 5.96 Å². The summed E-state index contributed by atoms with van der Waals surface area (Å²) in [4.78, 5) is 16.0. The maximum Gasteiger partial charge on any atom is 0.387 e. The van der Waals surface area contributed by atoms with E-state index in [1.165, 1.54) is 13.2 Å². The lowest BCUT2D eigenvalue weighted by atomic mass is 10.2. The summed E-state index contributed by atoms with van der Waals surface area (Å²) in [7, 11) is 1.49. The Morgan fingerprint density at radius 2 is 1.96 bits per heavy atom. The van der Waals surface area contributed by atoms with E-state index in [0.717, 1.165) is 0 Å². The third kappa shape index (κ3) is 10.5. The standard InChI is InChI=1S/C18H28F2N4O3.HI/c1-5-21-18(22-9-8-16(25)24-12(2)3)23-11-13-10-14(26-4)6-7-15(13)27-17(19)20;/h6-7,10,12,17H,5,8-9,11H2,1-4H3,(H,24,25)(H2,21,22,23);1H. The molecule has 0 atom stereocenters. The maximum atomic E-state index is 12.6. The van der Waals surface area contributed by atoms with E-state index >= 15 is 0 Å². The second-order valence-electron chi connectivity index (χ2n) is 5.95. The molecule has 0 unspecified atom stereocenters. The van der Waals surface area contributed by atoms with E-state index in [1.54, 1.807) is 12.1 Å². The number of carbonyl (C=O) groups is 1. The Morgan fingerprint density at radius 3 is 2.54 bits per heavy atom. The number of carbonyl (C=O) groups excluding carboxylic acids is 1. The Balaban J connectivity index is 0.00000729. The molecule has 0 aliphatic rings. The number of halogens is 3. The summed E-state index contributed by atoms with van der Waals surface area (Å²) in [6.45, 7) is 3.87. The van der Waals surface area contributed by atoms with Gasteiger partial charge in [-0.2, -0.15) is 8.78 Å². The fraction of sp³-hybridized carbons (Fsp3) is 0.556. The van der Waals surface area contributed by atoms with Crippen molar-refractivity contribution >= 4 is 35.8 Å². The van der Waals surface area contributed by atoms with Crippen molar-refractivity contribution < 1.29 is 23.0 Å². The molecule has 0 radical (unpaired) electrons. The summed E-state index contributed by atoms with van der Waals surface area (Å²) in [6, 6.07) is 4.65. The first-order chi connectivity index (χ1) is 12.8. The molecule has 0 saturated carbocycles. The number of hydrogen-bond acceptors (Lipinski definition) is 4. The normalized spacial score (nSPS) is 11.1. The Kier molecular flexibility index (Phi) is 13.3. The fourth-order valence-electron chi connectivity index (χ4n) is 2.21. The zero-order chi connectivity index (χ0) is 20.2. The first-order valence-corrected chi connectivity index (χ1v) is 8.79. The van der Waals surface area contributed by atoms with Crippen LogP contribution in [0.1, 0.15) is 32.8 Å². The Labute approximate surface area is 181 Å². The molecule has 28 heavy (non-hydrogen) atoms. The number of hydrogen-bond donors (Lipinski definition) is 3. The Hall–Kier alpha value is -1.85. The summed E-state index contributed by atoms with van der Waals surface area (Å²) >= 11 is 0. The van der Waals surface area contributed by atoms with Gasteiger partial charge in [0.05, 0.1) is 13.7 Å². The number of nitrogens with one attached hydrogen (secondary N) is 3. The number of methoxy groups -OCH3 is 1. The van der Waals surface area contributed by atoms with E-state index in [-0.39, 0.29) is 48.2 Å². The molecular formula is C18H29F2IN4O3. The van der Waals surface area contributed by atoms with Gasteiger partial charge in [-0.3, -0.25) is 4.79 Å². The molecule has 0 saturated heterocycles. The highest BCUT2D eigenvalue weighted by Crippen LogP contribution is 2.26. The molecule has 10 heteroatoms. The maximum absolute atomic E-state index is 12.6. The number of rotatable bonds is 10. The molecule has 7 nitrogen and oxygen atoms in total. The van der Waals surface area contributed by atoms with Gasteiger partial charge in [-0.15, -0.1) is 24.0 Å². The molecule has 0 aliphatic carbocycles. The Bertz CT molecular complexity index is 631. The molecule has 0 fully saturated rings. The molecule has 1 rings (SSSR count). The summed E-state index contributed by atoms with van der Waals surface area (Å²) in [5, 5.41) is 8.89. The van der Waals surface area contributed by atoms with Crippen molar-refractivity contribution in [2.45, 2.75) is 46.4 Å². The lowest BCUT2D eigenvalue weighted by Crippen LogP contribution is -2.40. The van der Waals surface area contributed by atoms with Crippen LogP contribution in [0.5, 0.6) is 11.5 Å². The minimum Gasteiger partial charge on any atom is -0.497 e. The van der Waals surface area contributed by atoms with E-state index in [4.69, 9.17) is 4.74 Å².